The van der Waals surface area contributed by atoms with Gasteiger partial charge in [0.2, 0.25) is 0 Å². The maximum atomic E-state index is 13.8. The Kier molecular flexibility index (Phi) is 3.60. The zero-order valence-electron chi connectivity index (χ0n) is 11.0. The van der Waals surface area contributed by atoms with Gasteiger partial charge in [-0.25, -0.2) is 4.39 Å². The lowest BCUT2D eigenvalue weighted by atomic mass is 9.70. The summed E-state index contributed by atoms with van der Waals surface area (Å²) in [5.74, 6) is 1.43. The van der Waals surface area contributed by atoms with Gasteiger partial charge in [-0.3, -0.25) is 0 Å². The fourth-order valence-corrected chi connectivity index (χ4v) is 4.00. The third kappa shape index (κ3) is 2.12. The fraction of sp³-hybridized carbons (Fsp3) is 0.571. The highest BCUT2D eigenvalue weighted by atomic mass is 32.2. The van der Waals surface area contributed by atoms with Crippen molar-refractivity contribution in [1.82, 2.24) is 0 Å². The average molecular weight is 270 g/mol. The van der Waals surface area contributed by atoms with Crippen LogP contribution in [0, 0.1) is 11.2 Å². The van der Waals surface area contributed by atoms with Crippen LogP contribution in [0.2, 0.25) is 0 Å². The molecule has 0 amide bonds. The van der Waals surface area contributed by atoms with Gasteiger partial charge in [-0.05, 0) is 35.3 Å². The molecule has 1 saturated heterocycles. The van der Waals surface area contributed by atoms with Crippen LogP contribution in [-0.2, 0) is 5.60 Å². The van der Waals surface area contributed by atoms with Crippen molar-refractivity contribution in [2.24, 2.45) is 5.41 Å². The first-order chi connectivity index (χ1) is 8.40. The van der Waals surface area contributed by atoms with E-state index in [1.807, 2.05) is 13.8 Å². The zero-order valence-corrected chi connectivity index (χ0v) is 11.8. The zero-order chi connectivity index (χ0) is 13.4. The molecule has 1 atom stereocenters. The number of aliphatic hydroxyl groups is 1. The maximum Gasteiger partial charge on any atom is 0.165 e. The Hall–Kier alpha value is -0.740. The summed E-state index contributed by atoms with van der Waals surface area (Å²) >= 11 is 1.71. The van der Waals surface area contributed by atoms with Crippen molar-refractivity contribution in [2.75, 3.05) is 18.6 Å². The molecule has 1 aliphatic heterocycles. The summed E-state index contributed by atoms with van der Waals surface area (Å²) in [5, 5.41) is 10.9. The van der Waals surface area contributed by atoms with Gasteiger partial charge in [0.1, 0.15) is 5.60 Å². The summed E-state index contributed by atoms with van der Waals surface area (Å²) in [5.41, 5.74) is -0.597. The number of ether oxygens (including phenoxy) is 1. The lowest BCUT2D eigenvalue weighted by molar-refractivity contribution is -0.0581. The third-order valence-corrected chi connectivity index (χ3v) is 5.05. The van der Waals surface area contributed by atoms with Gasteiger partial charge in [-0.2, -0.15) is 11.8 Å². The fourth-order valence-electron chi connectivity index (χ4n) is 2.35. The van der Waals surface area contributed by atoms with E-state index >= 15 is 0 Å². The van der Waals surface area contributed by atoms with Crippen molar-refractivity contribution in [2.45, 2.75) is 25.9 Å². The predicted octanol–water partition coefficient (Wildman–Crippen LogP) is 3.19. The van der Waals surface area contributed by atoms with Gasteiger partial charge < -0.3 is 9.84 Å². The molecule has 0 aromatic heterocycles. The van der Waals surface area contributed by atoms with E-state index in [1.165, 1.54) is 13.2 Å². The summed E-state index contributed by atoms with van der Waals surface area (Å²) in [6, 6.07) is 4.74. The Morgan fingerprint density at radius 1 is 1.39 bits per heavy atom. The molecule has 4 heteroatoms. The van der Waals surface area contributed by atoms with E-state index in [2.05, 4.69) is 0 Å². The first-order valence-electron chi connectivity index (χ1n) is 6.05. The van der Waals surface area contributed by atoms with Crippen molar-refractivity contribution < 1.29 is 14.2 Å². The predicted molar refractivity (Wildman–Crippen MR) is 72.6 cm³/mol. The quantitative estimate of drug-likeness (QED) is 0.895. The molecule has 1 N–H and O–H groups in total. The van der Waals surface area contributed by atoms with Gasteiger partial charge in [0, 0.05) is 5.75 Å². The summed E-state index contributed by atoms with van der Waals surface area (Å²) < 4.78 is 18.7. The van der Waals surface area contributed by atoms with Crippen LogP contribution in [0.25, 0.3) is 0 Å². The molecular weight excluding hydrogens is 251 g/mol. The average Bonchev–Trinajstić information content (AvgIpc) is 2.33. The lowest BCUT2D eigenvalue weighted by Gasteiger charge is -2.46. The Labute approximate surface area is 112 Å². The third-order valence-electron chi connectivity index (χ3n) is 3.93. The summed E-state index contributed by atoms with van der Waals surface area (Å²) in [4.78, 5) is 0. The second-order valence-corrected chi connectivity index (χ2v) is 6.50. The molecule has 1 unspecified atom stereocenters. The van der Waals surface area contributed by atoms with E-state index in [4.69, 9.17) is 4.74 Å². The van der Waals surface area contributed by atoms with E-state index in [0.717, 1.165) is 12.2 Å². The molecule has 0 aliphatic carbocycles. The highest BCUT2D eigenvalue weighted by Crippen LogP contribution is 2.48. The van der Waals surface area contributed by atoms with E-state index in [0.29, 0.717) is 11.3 Å². The molecule has 1 aromatic rings. The number of benzene rings is 1. The van der Waals surface area contributed by atoms with Crippen LogP contribution in [0.15, 0.2) is 18.2 Å². The SMILES string of the molecule is COc1ccc(C2(O)CSCCC2(C)C)cc1F. The monoisotopic (exact) mass is 270 g/mol. The number of methoxy groups -OCH3 is 1. The van der Waals surface area contributed by atoms with E-state index in [-0.39, 0.29) is 11.2 Å². The Morgan fingerprint density at radius 3 is 2.67 bits per heavy atom. The van der Waals surface area contributed by atoms with Crippen LogP contribution < -0.4 is 4.74 Å². The summed E-state index contributed by atoms with van der Waals surface area (Å²) in [6.45, 7) is 4.07. The molecule has 1 aromatic carbocycles. The van der Waals surface area contributed by atoms with E-state index in [1.54, 1.807) is 23.9 Å². The molecule has 1 aliphatic rings. The molecule has 2 rings (SSSR count). The maximum absolute atomic E-state index is 13.8. The molecule has 1 heterocycles. The largest absolute Gasteiger partial charge is 0.494 e. The molecule has 0 bridgehead atoms. The Morgan fingerprint density at radius 2 is 2.11 bits per heavy atom. The summed E-state index contributed by atoms with van der Waals surface area (Å²) in [7, 11) is 1.44. The minimum Gasteiger partial charge on any atom is -0.494 e. The van der Waals surface area contributed by atoms with Gasteiger partial charge in [0.05, 0.1) is 7.11 Å². The lowest BCUT2D eigenvalue weighted by Crippen LogP contribution is -2.47. The van der Waals surface area contributed by atoms with E-state index < -0.39 is 11.4 Å². The normalized spacial score (nSPS) is 26.9. The van der Waals surface area contributed by atoms with Crippen LogP contribution in [0.3, 0.4) is 0 Å². The molecule has 100 valence electrons. The Bertz CT molecular complexity index is 447. The molecule has 2 nitrogen and oxygen atoms in total. The number of hydrogen-bond donors (Lipinski definition) is 1. The van der Waals surface area contributed by atoms with Crippen LogP contribution in [0.4, 0.5) is 4.39 Å². The summed E-state index contributed by atoms with van der Waals surface area (Å²) in [6.07, 6.45) is 0.918. The van der Waals surface area contributed by atoms with Crippen LogP contribution in [0.5, 0.6) is 5.75 Å². The minimum atomic E-state index is -0.983. The number of thioether (sulfide) groups is 1. The van der Waals surface area contributed by atoms with Crippen LogP contribution in [-0.4, -0.2) is 23.7 Å². The Balaban J connectivity index is 2.43. The number of halogens is 1. The second kappa shape index (κ2) is 4.74. The van der Waals surface area contributed by atoms with Crippen molar-refractivity contribution in [3.05, 3.63) is 29.6 Å². The highest BCUT2D eigenvalue weighted by molar-refractivity contribution is 7.99. The van der Waals surface area contributed by atoms with Crippen molar-refractivity contribution in [1.29, 1.82) is 0 Å². The first-order valence-corrected chi connectivity index (χ1v) is 7.20. The molecule has 1 fully saturated rings. The number of hydrogen-bond acceptors (Lipinski definition) is 3. The molecule has 0 radical (unpaired) electrons. The van der Waals surface area contributed by atoms with Gasteiger partial charge in [0.25, 0.3) is 0 Å². The van der Waals surface area contributed by atoms with Crippen LogP contribution in [0.1, 0.15) is 25.8 Å². The smallest absolute Gasteiger partial charge is 0.165 e. The first kappa shape index (κ1) is 13.7. The van der Waals surface area contributed by atoms with Gasteiger partial charge in [0.15, 0.2) is 11.6 Å². The van der Waals surface area contributed by atoms with E-state index in [9.17, 15) is 9.50 Å². The molecule has 0 spiro atoms. The molecule has 18 heavy (non-hydrogen) atoms. The van der Waals surface area contributed by atoms with Gasteiger partial charge >= 0.3 is 0 Å². The molecule has 0 saturated carbocycles. The highest BCUT2D eigenvalue weighted by Gasteiger charge is 2.47. The van der Waals surface area contributed by atoms with Gasteiger partial charge in [-0.1, -0.05) is 19.9 Å². The van der Waals surface area contributed by atoms with Crippen molar-refractivity contribution in [3.8, 4) is 5.75 Å². The molecular formula is C14H19FO2S. The second-order valence-electron chi connectivity index (χ2n) is 5.40. The topological polar surface area (TPSA) is 29.5 Å². The van der Waals surface area contributed by atoms with Crippen LogP contribution >= 0.6 is 11.8 Å². The van der Waals surface area contributed by atoms with Gasteiger partial charge in [-0.15, -0.1) is 0 Å². The van der Waals surface area contributed by atoms with Crippen molar-refractivity contribution in [3.63, 3.8) is 0 Å². The standard InChI is InChI=1S/C14H19FO2S/c1-13(2)6-7-18-9-14(13,16)10-4-5-12(17-3)11(15)8-10/h4-5,8,16H,6-7,9H2,1-3H3. The van der Waals surface area contributed by atoms with Crippen molar-refractivity contribution >= 4 is 11.8 Å². The number of rotatable bonds is 2. The minimum absolute atomic E-state index is 0.212.